The van der Waals surface area contributed by atoms with E-state index in [1.165, 1.54) is 24.3 Å². The van der Waals surface area contributed by atoms with Gasteiger partial charge in [0.1, 0.15) is 5.82 Å². The summed E-state index contributed by atoms with van der Waals surface area (Å²) in [5, 5.41) is 7.36. The minimum atomic E-state index is -0.597. The van der Waals surface area contributed by atoms with Crippen LogP contribution in [0.2, 0.25) is 0 Å². The van der Waals surface area contributed by atoms with E-state index in [1.54, 1.807) is 43.0 Å². The Morgan fingerprint density at radius 3 is 2.50 bits per heavy atom. The van der Waals surface area contributed by atoms with Gasteiger partial charge in [-0.25, -0.2) is 9.37 Å². The van der Waals surface area contributed by atoms with Gasteiger partial charge in [0.15, 0.2) is 0 Å². The van der Waals surface area contributed by atoms with Crippen LogP contribution < -0.4 is 22.1 Å². The SMILES string of the molecule is NCc1c(NC(=O)c2ccc(F)cc2)cccc1-c1ccc(C(N)=O)c2[nH]c3cc(NC(=O)CCn4ccnc4)ccc3c12. The smallest absolute Gasteiger partial charge is 0.255 e. The Kier molecular flexibility index (Phi) is 7.61. The predicted octanol–water partition coefficient (Wildman–Crippen LogP) is 5.16. The molecular formula is C33H28FN7O3. The molecule has 7 N–H and O–H groups in total. The standard InChI is InChI=1S/C33H28FN7O3/c34-20-6-4-19(5-7-20)33(44)40-27-3-1-2-22(26(27)17-35)23-10-11-25(32(36)43)31-30(23)24-9-8-21(16-28(24)39-31)38-29(42)12-14-41-15-13-37-18-41/h1-11,13,15-16,18,39H,12,14,17,35H2,(H2,36,43)(H,38,42)(H,40,44). The molecule has 0 fully saturated rings. The van der Waals surface area contributed by atoms with Gasteiger partial charge in [-0.15, -0.1) is 0 Å². The normalized spacial score (nSPS) is 11.1. The maximum absolute atomic E-state index is 13.4. The summed E-state index contributed by atoms with van der Waals surface area (Å²) in [7, 11) is 0. The van der Waals surface area contributed by atoms with Crippen molar-refractivity contribution in [1.29, 1.82) is 0 Å². The highest BCUT2D eigenvalue weighted by Crippen LogP contribution is 2.40. The van der Waals surface area contributed by atoms with E-state index in [2.05, 4.69) is 20.6 Å². The molecule has 0 unspecified atom stereocenters. The molecule has 6 rings (SSSR count). The van der Waals surface area contributed by atoms with Crippen LogP contribution in [0.5, 0.6) is 0 Å². The van der Waals surface area contributed by atoms with Crippen molar-refractivity contribution in [2.24, 2.45) is 11.5 Å². The average molecular weight is 590 g/mol. The summed E-state index contributed by atoms with van der Waals surface area (Å²) in [5.74, 6) is -1.59. The molecule has 0 atom stereocenters. The van der Waals surface area contributed by atoms with E-state index in [4.69, 9.17) is 11.5 Å². The lowest BCUT2D eigenvalue weighted by molar-refractivity contribution is -0.116. The molecule has 11 heteroatoms. The van der Waals surface area contributed by atoms with E-state index in [-0.39, 0.29) is 18.9 Å². The molecule has 2 heterocycles. The number of hydrogen-bond donors (Lipinski definition) is 5. The number of nitrogens with two attached hydrogens (primary N) is 2. The third kappa shape index (κ3) is 5.51. The Bertz CT molecular complexity index is 2030. The second-order valence-electron chi connectivity index (χ2n) is 10.3. The lowest BCUT2D eigenvalue weighted by atomic mass is 9.92. The molecule has 0 radical (unpaired) electrons. The zero-order valence-electron chi connectivity index (χ0n) is 23.4. The fourth-order valence-corrected chi connectivity index (χ4v) is 5.37. The van der Waals surface area contributed by atoms with Gasteiger partial charge in [0.2, 0.25) is 5.91 Å². The number of aryl methyl sites for hydroxylation is 1. The summed E-state index contributed by atoms with van der Waals surface area (Å²) in [6.07, 6.45) is 5.38. The summed E-state index contributed by atoms with van der Waals surface area (Å²) in [6, 6.07) is 19.6. The van der Waals surface area contributed by atoms with Gasteiger partial charge in [-0.1, -0.05) is 24.3 Å². The molecule has 6 aromatic rings. The number of imidazole rings is 1. The van der Waals surface area contributed by atoms with Crippen LogP contribution in [0.4, 0.5) is 15.8 Å². The minimum Gasteiger partial charge on any atom is -0.366 e. The first-order valence-corrected chi connectivity index (χ1v) is 13.9. The number of H-pyrrole nitrogens is 1. The van der Waals surface area contributed by atoms with Crippen molar-refractivity contribution in [2.75, 3.05) is 10.6 Å². The molecule has 220 valence electrons. The Morgan fingerprint density at radius 2 is 1.77 bits per heavy atom. The van der Waals surface area contributed by atoms with Gasteiger partial charge in [-0.05, 0) is 65.2 Å². The summed E-state index contributed by atoms with van der Waals surface area (Å²) < 4.78 is 15.2. The minimum absolute atomic E-state index is 0.103. The van der Waals surface area contributed by atoms with Crippen molar-refractivity contribution in [1.82, 2.24) is 14.5 Å². The predicted molar refractivity (Wildman–Crippen MR) is 167 cm³/mol. The molecule has 0 aliphatic rings. The first-order chi connectivity index (χ1) is 21.3. The van der Waals surface area contributed by atoms with Crippen molar-refractivity contribution in [3.63, 3.8) is 0 Å². The van der Waals surface area contributed by atoms with E-state index in [0.29, 0.717) is 45.6 Å². The molecule has 3 amide bonds. The zero-order chi connectivity index (χ0) is 30.8. The molecule has 0 aliphatic carbocycles. The summed E-state index contributed by atoms with van der Waals surface area (Å²) >= 11 is 0. The molecule has 0 bridgehead atoms. The van der Waals surface area contributed by atoms with Gasteiger partial charge in [0.05, 0.1) is 17.4 Å². The number of nitrogens with zero attached hydrogens (tertiary/aromatic N) is 2. The highest BCUT2D eigenvalue weighted by Gasteiger charge is 2.20. The van der Waals surface area contributed by atoms with Crippen LogP contribution in [-0.4, -0.2) is 32.3 Å². The number of aromatic amines is 1. The van der Waals surface area contributed by atoms with Crippen LogP contribution in [-0.2, 0) is 17.9 Å². The third-order valence-electron chi connectivity index (χ3n) is 7.48. The third-order valence-corrected chi connectivity index (χ3v) is 7.48. The molecule has 44 heavy (non-hydrogen) atoms. The monoisotopic (exact) mass is 589 g/mol. The molecule has 2 aromatic heterocycles. The molecule has 10 nitrogen and oxygen atoms in total. The molecule has 0 spiro atoms. The van der Waals surface area contributed by atoms with Crippen LogP contribution in [0.25, 0.3) is 32.9 Å². The number of hydrogen-bond acceptors (Lipinski definition) is 5. The molecule has 0 saturated heterocycles. The lowest BCUT2D eigenvalue weighted by Gasteiger charge is -2.16. The second kappa shape index (κ2) is 11.8. The van der Waals surface area contributed by atoms with Crippen LogP contribution in [0.3, 0.4) is 0 Å². The summed E-state index contributed by atoms with van der Waals surface area (Å²) in [5.41, 5.74) is 17.1. The van der Waals surface area contributed by atoms with Crippen LogP contribution >= 0.6 is 0 Å². The van der Waals surface area contributed by atoms with Gasteiger partial charge in [-0.3, -0.25) is 14.4 Å². The van der Waals surface area contributed by atoms with Crippen LogP contribution in [0.1, 0.15) is 32.7 Å². The Balaban J connectivity index is 1.39. The number of rotatable bonds is 9. The Hall–Kier alpha value is -5.81. The number of carbonyl (C=O) groups is 3. The molecule has 4 aromatic carbocycles. The lowest BCUT2D eigenvalue weighted by Crippen LogP contribution is -2.15. The first kappa shape index (κ1) is 28.3. The Labute approximate surface area is 250 Å². The topological polar surface area (TPSA) is 161 Å². The number of aromatic nitrogens is 3. The number of nitrogens with one attached hydrogen (secondary N) is 3. The molecular weight excluding hydrogens is 561 g/mol. The number of primary amides is 1. The van der Waals surface area contributed by atoms with Gasteiger partial charge in [0.25, 0.3) is 11.8 Å². The largest absolute Gasteiger partial charge is 0.366 e. The average Bonchev–Trinajstić information content (AvgIpc) is 3.67. The fraction of sp³-hybridized carbons (Fsp3) is 0.0909. The van der Waals surface area contributed by atoms with Gasteiger partial charge in [0, 0.05) is 65.1 Å². The Morgan fingerprint density at radius 1 is 0.955 bits per heavy atom. The van der Waals surface area contributed by atoms with E-state index < -0.39 is 17.6 Å². The number of carbonyl (C=O) groups excluding carboxylic acids is 3. The number of halogens is 1. The van der Waals surface area contributed by atoms with Crippen molar-refractivity contribution >= 4 is 50.9 Å². The number of anilines is 2. The van der Waals surface area contributed by atoms with Gasteiger partial charge >= 0.3 is 0 Å². The summed E-state index contributed by atoms with van der Waals surface area (Å²) in [6.45, 7) is 0.602. The second-order valence-corrected chi connectivity index (χ2v) is 10.3. The maximum Gasteiger partial charge on any atom is 0.255 e. The molecule has 0 saturated carbocycles. The quantitative estimate of drug-likeness (QED) is 0.157. The van der Waals surface area contributed by atoms with E-state index >= 15 is 0 Å². The fourth-order valence-electron chi connectivity index (χ4n) is 5.37. The van der Waals surface area contributed by atoms with Crippen LogP contribution in [0, 0.1) is 5.82 Å². The van der Waals surface area contributed by atoms with E-state index in [9.17, 15) is 18.8 Å². The van der Waals surface area contributed by atoms with Crippen molar-refractivity contribution in [2.45, 2.75) is 19.5 Å². The highest BCUT2D eigenvalue weighted by molar-refractivity contribution is 6.20. The number of amides is 3. The summed E-state index contributed by atoms with van der Waals surface area (Å²) in [4.78, 5) is 45.3. The van der Waals surface area contributed by atoms with Crippen molar-refractivity contribution < 1.29 is 18.8 Å². The molecule has 0 aliphatic heterocycles. The van der Waals surface area contributed by atoms with E-state index in [1.807, 2.05) is 28.8 Å². The van der Waals surface area contributed by atoms with Crippen LogP contribution in [0.15, 0.2) is 91.5 Å². The first-order valence-electron chi connectivity index (χ1n) is 13.9. The van der Waals surface area contributed by atoms with Crippen molar-refractivity contribution in [3.8, 4) is 11.1 Å². The highest BCUT2D eigenvalue weighted by atomic mass is 19.1. The zero-order valence-corrected chi connectivity index (χ0v) is 23.4. The van der Waals surface area contributed by atoms with Gasteiger partial charge in [-0.2, -0.15) is 0 Å². The van der Waals surface area contributed by atoms with Gasteiger partial charge < -0.3 is 31.7 Å². The maximum atomic E-state index is 13.4. The number of benzene rings is 4. The number of fused-ring (bicyclic) bond motifs is 3. The van der Waals surface area contributed by atoms with E-state index in [0.717, 1.165) is 21.9 Å². The van der Waals surface area contributed by atoms with Crippen molar-refractivity contribution in [3.05, 3.63) is 114 Å².